The van der Waals surface area contributed by atoms with Crippen LogP contribution in [0.25, 0.3) is 5.65 Å². The number of aliphatic imine (C=N–C) groups is 1. The van der Waals surface area contributed by atoms with E-state index in [0.717, 1.165) is 21.4 Å². The van der Waals surface area contributed by atoms with E-state index in [1.165, 1.54) is 0 Å². The van der Waals surface area contributed by atoms with Gasteiger partial charge >= 0.3 is 0 Å². The average Bonchev–Trinajstić information content (AvgIpc) is 2.68. The summed E-state index contributed by atoms with van der Waals surface area (Å²) in [5.41, 5.74) is 8.73. The van der Waals surface area contributed by atoms with Crippen molar-refractivity contribution >= 4 is 27.5 Å². The first-order chi connectivity index (χ1) is 8.47. The molecule has 0 saturated carbocycles. The second kappa shape index (κ2) is 4.97. The van der Waals surface area contributed by atoms with E-state index >= 15 is 0 Å². The number of nitrogens with zero attached hydrogens (tertiary/aromatic N) is 4. The molecule has 18 heavy (non-hydrogen) atoms. The molecule has 96 valence electrons. The Bertz CT molecular complexity index is 600. The summed E-state index contributed by atoms with van der Waals surface area (Å²) in [6.45, 7) is 2.52. The minimum absolute atomic E-state index is 0.489. The first-order valence-electron chi connectivity index (χ1n) is 5.58. The number of hydrogen-bond donors (Lipinski definition) is 1. The maximum Gasteiger partial charge on any atom is 0.191 e. The van der Waals surface area contributed by atoms with Gasteiger partial charge in [-0.25, -0.2) is 9.98 Å². The van der Waals surface area contributed by atoms with Crippen LogP contribution in [0.3, 0.4) is 0 Å². The highest BCUT2D eigenvalue weighted by atomic mass is 79.9. The van der Waals surface area contributed by atoms with Crippen molar-refractivity contribution in [2.45, 2.75) is 13.5 Å². The van der Waals surface area contributed by atoms with Gasteiger partial charge in [0.1, 0.15) is 5.65 Å². The zero-order valence-corrected chi connectivity index (χ0v) is 12.3. The van der Waals surface area contributed by atoms with Crippen LogP contribution >= 0.6 is 15.9 Å². The Balaban J connectivity index is 2.31. The maximum absolute atomic E-state index is 5.75. The van der Waals surface area contributed by atoms with Gasteiger partial charge in [0.2, 0.25) is 0 Å². The lowest BCUT2D eigenvalue weighted by molar-refractivity contribution is 0.609. The van der Waals surface area contributed by atoms with Crippen molar-refractivity contribution in [3.63, 3.8) is 0 Å². The quantitative estimate of drug-likeness (QED) is 0.679. The highest BCUT2D eigenvalue weighted by molar-refractivity contribution is 9.10. The summed E-state index contributed by atoms with van der Waals surface area (Å²) in [5, 5.41) is 0. The largest absolute Gasteiger partial charge is 0.370 e. The van der Waals surface area contributed by atoms with Crippen LogP contribution < -0.4 is 5.73 Å². The van der Waals surface area contributed by atoms with Gasteiger partial charge in [-0.15, -0.1) is 0 Å². The summed E-state index contributed by atoms with van der Waals surface area (Å²) < 4.78 is 3.03. The third-order valence-corrected chi connectivity index (χ3v) is 3.05. The zero-order valence-electron chi connectivity index (χ0n) is 10.7. The minimum atomic E-state index is 0.489. The molecule has 2 aromatic heterocycles. The summed E-state index contributed by atoms with van der Waals surface area (Å²) in [5.74, 6) is 0.505. The molecule has 2 heterocycles. The monoisotopic (exact) mass is 309 g/mol. The molecule has 0 aliphatic rings. The Morgan fingerprint density at radius 2 is 2.22 bits per heavy atom. The highest BCUT2D eigenvalue weighted by Gasteiger charge is 2.05. The SMILES string of the molecule is Cc1cc(Br)cn2cc(CN=C(N)N(C)C)nc12. The average molecular weight is 310 g/mol. The van der Waals surface area contributed by atoms with Crippen LogP contribution in [0.2, 0.25) is 0 Å². The van der Waals surface area contributed by atoms with Crippen molar-refractivity contribution in [1.29, 1.82) is 0 Å². The predicted molar refractivity (Wildman–Crippen MR) is 76.6 cm³/mol. The third-order valence-electron chi connectivity index (χ3n) is 2.61. The van der Waals surface area contributed by atoms with Crippen molar-refractivity contribution in [3.8, 4) is 0 Å². The molecule has 0 radical (unpaired) electrons. The van der Waals surface area contributed by atoms with E-state index in [2.05, 4.69) is 25.9 Å². The van der Waals surface area contributed by atoms with E-state index in [0.29, 0.717) is 12.5 Å². The van der Waals surface area contributed by atoms with E-state index in [1.54, 1.807) is 4.90 Å². The van der Waals surface area contributed by atoms with Crippen LogP contribution in [0.1, 0.15) is 11.3 Å². The molecule has 2 aromatic rings. The molecule has 0 amide bonds. The van der Waals surface area contributed by atoms with E-state index in [4.69, 9.17) is 5.73 Å². The minimum Gasteiger partial charge on any atom is -0.370 e. The number of aryl methyl sites for hydroxylation is 1. The fraction of sp³-hybridized carbons (Fsp3) is 0.333. The van der Waals surface area contributed by atoms with Gasteiger partial charge in [-0.2, -0.15) is 0 Å². The number of hydrogen-bond acceptors (Lipinski definition) is 2. The van der Waals surface area contributed by atoms with Gasteiger partial charge in [-0.3, -0.25) is 0 Å². The number of rotatable bonds is 2. The standard InChI is InChI=1S/C12H16BrN5/c1-8-4-9(13)6-18-7-10(16-11(8)18)5-15-12(14)17(2)3/h4,6-7H,5H2,1-3H3,(H2,14,15). The zero-order chi connectivity index (χ0) is 13.3. The molecular weight excluding hydrogens is 294 g/mol. The third kappa shape index (κ3) is 2.64. The van der Waals surface area contributed by atoms with Crippen LogP contribution in [0.5, 0.6) is 0 Å². The molecule has 0 bridgehead atoms. The van der Waals surface area contributed by atoms with E-state index < -0.39 is 0 Å². The summed E-state index contributed by atoms with van der Waals surface area (Å²) in [6, 6.07) is 2.05. The van der Waals surface area contributed by atoms with E-state index in [9.17, 15) is 0 Å². The Hall–Kier alpha value is -1.56. The number of halogens is 1. The number of aromatic nitrogens is 2. The molecule has 0 aliphatic heterocycles. The summed E-state index contributed by atoms with van der Waals surface area (Å²) in [6.07, 6.45) is 3.96. The van der Waals surface area contributed by atoms with Crippen LogP contribution in [0.15, 0.2) is 27.9 Å². The summed E-state index contributed by atoms with van der Waals surface area (Å²) in [4.78, 5) is 10.6. The molecule has 2 rings (SSSR count). The fourth-order valence-corrected chi connectivity index (χ4v) is 2.22. The molecule has 0 aromatic carbocycles. The number of imidazole rings is 1. The molecule has 0 fully saturated rings. The molecule has 5 nitrogen and oxygen atoms in total. The number of pyridine rings is 1. The van der Waals surface area contributed by atoms with Crippen LogP contribution in [-0.4, -0.2) is 34.3 Å². The molecular formula is C12H16BrN5. The van der Waals surface area contributed by atoms with Crippen LogP contribution in [-0.2, 0) is 6.54 Å². The topological polar surface area (TPSA) is 58.9 Å². The molecule has 0 aliphatic carbocycles. The first kappa shape index (κ1) is 12.9. The molecule has 0 saturated heterocycles. The molecule has 0 atom stereocenters. The number of nitrogens with two attached hydrogens (primary N) is 1. The summed E-state index contributed by atoms with van der Waals surface area (Å²) >= 11 is 3.47. The molecule has 2 N–H and O–H groups in total. The van der Waals surface area contributed by atoms with Gasteiger partial charge in [0.05, 0.1) is 12.2 Å². The second-order valence-corrected chi connectivity index (χ2v) is 5.29. The Labute approximate surface area is 114 Å². The Kier molecular flexibility index (Phi) is 3.56. The molecule has 6 heteroatoms. The van der Waals surface area contributed by atoms with Crippen molar-refractivity contribution in [3.05, 3.63) is 34.2 Å². The highest BCUT2D eigenvalue weighted by Crippen LogP contribution is 2.17. The lowest BCUT2D eigenvalue weighted by Crippen LogP contribution is -2.30. The fourth-order valence-electron chi connectivity index (χ4n) is 1.66. The van der Waals surface area contributed by atoms with Gasteiger partial charge in [-0.05, 0) is 34.5 Å². The molecule has 0 unspecified atom stereocenters. The lowest BCUT2D eigenvalue weighted by Gasteiger charge is -2.09. The number of fused-ring (bicyclic) bond motifs is 1. The smallest absolute Gasteiger partial charge is 0.191 e. The normalized spacial score (nSPS) is 12.1. The van der Waals surface area contributed by atoms with Crippen LogP contribution in [0, 0.1) is 6.92 Å². The molecule has 0 spiro atoms. The second-order valence-electron chi connectivity index (χ2n) is 4.37. The Morgan fingerprint density at radius 1 is 1.50 bits per heavy atom. The first-order valence-corrected chi connectivity index (χ1v) is 6.37. The van der Waals surface area contributed by atoms with E-state index in [-0.39, 0.29) is 0 Å². The van der Waals surface area contributed by atoms with Gasteiger partial charge < -0.3 is 15.0 Å². The van der Waals surface area contributed by atoms with Gasteiger partial charge in [0.25, 0.3) is 0 Å². The lowest BCUT2D eigenvalue weighted by atomic mass is 10.3. The van der Waals surface area contributed by atoms with Crippen molar-refractivity contribution in [2.75, 3.05) is 14.1 Å². The van der Waals surface area contributed by atoms with Crippen molar-refractivity contribution in [2.24, 2.45) is 10.7 Å². The van der Waals surface area contributed by atoms with Crippen molar-refractivity contribution in [1.82, 2.24) is 14.3 Å². The van der Waals surface area contributed by atoms with Crippen molar-refractivity contribution < 1.29 is 0 Å². The Morgan fingerprint density at radius 3 is 2.89 bits per heavy atom. The predicted octanol–water partition coefficient (Wildman–Crippen LogP) is 1.78. The van der Waals surface area contributed by atoms with Gasteiger partial charge in [0, 0.05) is 31.0 Å². The summed E-state index contributed by atoms with van der Waals surface area (Å²) in [7, 11) is 3.73. The van der Waals surface area contributed by atoms with Gasteiger partial charge in [0.15, 0.2) is 5.96 Å². The van der Waals surface area contributed by atoms with E-state index in [1.807, 2.05) is 43.9 Å². The number of guanidine groups is 1. The maximum atomic E-state index is 5.75. The van der Waals surface area contributed by atoms with Gasteiger partial charge in [-0.1, -0.05) is 0 Å². The van der Waals surface area contributed by atoms with Crippen LogP contribution in [0.4, 0.5) is 0 Å².